The van der Waals surface area contributed by atoms with Crippen molar-refractivity contribution in [3.63, 3.8) is 0 Å². The molecule has 2 rings (SSSR count). The maximum Gasteiger partial charge on any atom is 0.333 e. The highest BCUT2D eigenvalue weighted by Gasteiger charge is 2.23. The smallest absolute Gasteiger partial charge is 0.333 e. The molecule has 0 aliphatic carbocycles. The number of pyridine rings is 1. The van der Waals surface area contributed by atoms with Crippen LogP contribution in [-0.2, 0) is 9.53 Å². The van der Waals surface area contributed by atoms with E-state index >= 15 is 0 Å². The Balaban J connectivity index is 2.56. The van der Waals surface area contributed by atoms with Crippen molar-refractivity contribution in [2.24, 2.45) is 0 Å². The van der Waals surface area contributed by atoms with E-state index in [0.29, 0.717) is 0 Å². The van der Waals surface area contributed by atoms with Crippen LogP contribution in [-0.4, -0.2) is 17.6 Å². The highest BCUT2D eigenvalue weighted by molar-refractivity contribution is 5.78. The van der Waals surface area contributed by atoms with Crippen LogP contribution < -0.4 is 5.56 Å². The summed E-state index contributed by atoms with van der Waals surface area (Å²) in [7, 11) is 1.32. The fourth-order valence-electron chi connectivity index (χ4n) is 1.96. The van der Waals surface area contributed by atoms with Crippen LogP contribution >= 0.6 is 0 Å². The van der Waals surface area contributed by atoms with E-state index in [2.05, 4.69) is 0 Å². The quantitative estimate of drug-likeness (QED) is 0.789. The van der Waals surface area contributed by atoms with E-state index in [1.807, 2.05) is 25.1 Å². The average Bonchev–Trinajstić information content (AvgIpc) is 2.42. The number of benzene rings is 1. The van der Waals surface area contributed by atoms with Gasteiger partial charge in [0, 0.05) is 12.3 Å². The van der Waals surface area contributed by atoms with Crippen molar-refractivity contribution in [1.29, 1.82) is 0 Å². The lowest BCUT2D eigenvalue weighted by Crippen LogP contribution is -2.30. The molecular weight excluding hydrogens is 242 g/mol. The summed E-state index contributed by atoms with van der Waals surface area (Å²) in [4.78, 5) is 24.0. The number of hydrogen-bond acceptors (Lipinski definition) is 3. The van der Waals surface area contributed by atoms with E-state index in [9.17, 15) is 9.59 Å². The normalized spacial score (nSPS) is 11.9. The zero-order valence-corrected chi connectivity index (χ0v) is 10.9. The molecule has 0 aliphatic heterocycles. The second-order valence-corrected chi connectivity index (χ2v) is 4.29. The molecule has 1 unspecified atom stereocenters. The largest absolute Gasteiger partial charge is 0.467 e. The highest BCUT2D eigenvalue weighted by Crippen LogP contribution is 2.18. The predicted molar refractivity (Wildman–Crippen MR) is 72.0 cm³/mol. The van der Waals surface area contributed by atoms with E-state index in [1.54, 1.807) is 24.4 Å². The molecule has 4 heteroatoms. The zero-order valence-electron chi connectivity index (χ0n) is 10.9. The van der Waals surface area contributed by atoms with Gasteiger partial charge in [0.1, 0.15) is 0 Å². The molecule has 0 spiro atoms. The summed E-state index contributed by atoms with van der Waals surface area (Å²) < 4.78 is 6.19. The van der Waals surface area contributed by atoms with Crippen molar-refractivity contribution >= 4 is 5.97 Å². The van der Waals surface area contributed by atoms with Gasteiger partial charge in [-0.05, 0) is 24.1 Å². The Morgan fingerprint density at radius 2 is 1.89 bits per heavy atom. The van der Waals surface area contributed by atoms with Gasteiger partial charge in [-0.25, -0.2) is 4.79 Å². The summed E-state index contributed by atoms with van der Waals surface area (Å²) in [5.41, 5.74) is 1.36. The molecule has 0 saturated heterocycles. The Bertz CT molecular complexity index is 631. The predicted octanol–water partition coefficient (Wildman–Crippen LogP) is 1.92. The van der Waals surface area contributed by atoms with Gasteiger partial charge in [0.2, 0.25) is 0 Å². The number of carbonyl (C=O) groups is 1. The van der Waals surface area contributed by atoms with Gasteiger partial charge in [0.05, 0.1) is 7.11 Å². The highest BCUT2D eigenvalue weighted by atomic mass is 16.5. The summed E-state index contributed by atoms with van der Waals surface area (Å²) in [6, 6.07) is 11.6. The SMILES string of the molecule is COC(=O)C(c1ccccc1)n1ccc(C)cc1=O. The number of carbonyl (C=O) groups excluding carboxylic acids is 1. The lowest BCUT2D eigenvalue weighted by Gasteiger charge is -2.18. The molecule has 0 amide bonds. The second kappa shape index (κ2) is 5.52. The minimum Gasteiger partial charge on any atom is -0.467 e. The maximum atomic E-state index is 12.0. The third-order valence-corrected chi connectivity index (χ3v) is 2.92. The first-order valence-corrected chi connectivity index (χ1v) is 5.95. The van der Waals surface area contributed by atoms with Crippen LogP contribution in [0.15, 0.2) is 53.5 Å². The van der Waals surface area contributed by atoms with E-state index < -0.39 is 12.0 Å². The molecule has 19 heavy (non-hydrogen) atoms. The molecule has 0 N–H and O–H groups in total. The Morgan fingerprint density at radius 3 is 2.47 bits per heavy atom. The van der Waals surface area contributed by atoms with E-state index in [1.165, 1.54) is 17.7 Å². The zero-order chi connectivity index (χ0) is 13.8. The summed E-state index contributed by atoms with van der Waals surface area (Å²) in [5, 5.41) is 0. The molecule has 1 aromatic heterocycles. The fourth-order valence-corrected chi connectivity index (χ4v) is 1.96. The maximum absolute atomic E-state index is 12.0. The van der Waals surface area contributed by atoms with Crippen LogP contribution in [0.1, 0.15) is 17.2 Å². The van der Waals surface area contributed by atoms with Crippen molar-refractivity contribution in [3.8, 4) is 0 Å². The van der Waals surface area contributed by atoms with Crippen molar-refractivity contribution in [2.45, 2.75) is 13.0 Å². The van der Waals surface area contributed by atoms with E-state index in [4.69, 9.17) is 4.74 Å². The third kappa shape index (κ3) is 2.73. The van der Waals surface area contributed by atoms with Gasteiger partial charge >= 0.3 is 5.97 Å². The molecule has 1 atom stereocenters. The Labute approximate surface area is 111 Å². The van der Waals surface area contributed by atoms with Gasteiger partial charge in [-0.1, -0.05) is 30.3 Å². The summed E-state index contributed by atoms with van der Waals surface area (Å²) in [6.07, 6.45) is 1.62. The molecule has 0 bridgehead atoms. The molecular formula is C15H15NO3. The first-order chi connectivity index (χ1) is 9.13. The number of aryl methyl sites for hydroxylation is 1. The van der Waals surface area contributed by atoms with Crippen LogP contribution in [0.5, 0.6) is 0 Å². The lowest BCUT2D eigenvalue weighted by atomic mass is 10.1. The Hall–Kier alpha value is -2.36. The number of nitrogens with zero attached hydrogens (tertiary/aromatic N) is 1. The molecule has 0 radical (unpaired) electrons. The van der Waals surface area contributed by atoms with Gasteiger partial charge in [-0.3, -0.25) is 9.36 Å². The Morgan fingerprint density at radius 1 is 1.21 bits per heavy atom. The monoisotopic (exact) mass is 257 g/mol. The number of ether oxygens (including phenoxy) is 1. The molecule has 98 valence electrons. The van der Waals surface area contributed by atoms with Gasteiger partial charge < -0.3 is 4.74 Å². The Kier molecular flexibility index (Phi) is 3.80. The van der Waals surface area contributed by atoms with Crippen molar-refractivity contribution in [2.75, 3.05) is 7.11 Å². The van der Waals surface area contributed by atoms with E-state index in [0.717, 1.165) is 11.1 Å². The van der Waals surface area contributed by atoms with Crippen LogP contribution in [0.2, 0.25) is 0 Å². The van der Waals surface area contributed by atoms with Gasteiger partial charge in [0.25, 0.3) is 5.56 Å². The lowest BCUT2D eigenvalue weighted by molar-refractivity contribution is -0.143. The number of aromatic nitrogens is 1. The second-order valence-electron chi connectivity index (χ2n) is 4.29. The van der Waals surface area contributed by atoms with Crippen molar-refractivity contribution in [1.82, 2.24) is 4.57 Å². The molecule has 1 aromatic carbocycles. The molecule has 4 nitrogen and oxygen atoms in total. The first kappa shape index (κ1) is 13.1. The average molecular weight is 257 g/mol. The molecule has 0 fully saturated rings. The van der Waals surface area contributed by atoms with Crippen LogP contribution in [0, 0.1) is 6.92 Å². The standard InChI is InChI=1S/C15H15NO3/c1-11-8-9-16(13(17)10-11)14(15(18)19-2)12-6-4-3-5-7-12/h3-10,14H,1-2H3. The summed E-state index contributed by atoms with van der Waals surface area (Å²) >= 11 is 0. The van der Waals surface area contributed by atoms with Gasteiger partial charge in [-0.2, -0.15) is 0 Å². The fraction of sp³-hybridized carbons (Fsp3) is 0.200. The van der Waals surface area contributed by atoms with E-state index in [-0.39, 0.29) is 5.56 Å². The van der Waals surface area contributed by atoms with Gasteiger partial charge in [0.15, 0.2) is 6.04 Å². The number of rotatable bonds is 3. The molecule has 0 aliphatic rings. The van der Waals surface area contributed by atoms with Crippen LogP contribution in [0.4, 0.5) is 0 Å². The van der Waals surface area contributed by atoms with Crippen LogP contribution in [0.3, 0.4) is 0 Å². The summed E-state index contributed by atoms with van der Waals surface area (Å²) in [5.74, 6) is -0.461. The molecule has 1 heterocycles. The third-order valence-electron chi connectivity index (χ3n) is 2.92. The minimum atomic E-state index is -0.751. The van der Waals surface area contributed by atoms with Crippen LogP contribution in [0.25, 0.3) is 0 Å². The van der Waals surface area contributed by atoms with Crippen molar-refractivity contribution < 1.29 is 9.53 Å². The first-order valence-electron chi connectivity index (χ1n) is 5.95. The summed E-state index contributed by atoms with van der Waals surface area (Å²) in [6.45, 7) is 1.83. The topological polar surface area (TPSA) is 48.3 Å². The number of methoxy groups -OCH3 is 1. The number of hydrogen-bond donors (Lipinski definition) is 0. The molecule has 2 aromatic rings. The molecule has 0 saturated carbocycles. The minimum absolute atomic E-state index is 0.223. The number of esters is 1. The van der Waals surface area contributed by atoms with Crippen molar-refractivity contribution in [3.05, 3.63) is 70.1 Å². The van der Waals surface area contributed by atoms with Gasteiger partial charge in [-0.15, -0.1) is 0 Å².